The topological polar surface area (TPSA) is 77.4 Å². The molecular formula is C12H25KO4S. The second kappa shape index (κ2) is 13.5. The fraction of sp³-hybridized carbons (Fsp3) is 1.00. The number of aliphatic hydroxyl groups is 1. The van der Waals surface area contributed by atoms with Gasteiger partial charge in [-0.15, -0.1) is 0 Å². The van der Waals surface area contributed by atoms with E-state index in [1.165, 1.54) is 32.1 Å². The van der Waals surface area contributed by atoms with Gasteiger partial charge in [0.05, 0.1) is 0 Å². The van der Waals surface area contributed by atoms with Crippen LogP contribution in [0.5, 0.6) is 0 Å². The smallest absolute Gasteiger partial charge is 0.746 e. The molecule has 0 amide bonds. The molecule has 0 spiro atoms. The maximum atomic E-state index is 10.4. The van der Waals surface area contributed by atoms with Gasteiger partial charge in [0, 0.05) is 0 Å². The normalized spacial score (nSPS) is 13.1. The van der Waals surface area contributed by atoms with Crippen molar-refractivity contribution in [1.82, 2.24) is 0 Å². The van der Waals surface area contributed by atoms with Crippen LogP contribution in [-0.4, -0.2) is 23.5 Å². The quantitative estimate of drug-likeness (QED) is 0.325. The van der Waals surface area contributed by atoms with Crippen molar-refractivity contribution in [3.8, 4) is 0 Å². The summed E-state index contributed by atoms with van der Waals surface area (Å²) in [7, 11) is -4.50. The van der Waals surface area contributed by atoms with Crippen LogP contribution in [0, 0.1) is 0 Å². The first-order valence-corrected chi connectivity index (χ1v) is 8.08. The molecule has 0 aromatic rings. The van der Waals surface area contributed by atoms with E-state index < -0.39 is 15.6 Å². The van der Waals surface area contributed by atoms with E-state index in [1.54, 1.807) is 0 Å². The molecule has 0 rings (SSSR count). The summed E-state index contributed by atoms with van der Waals surface area (Å²) >= 11 is 0. The van der Waals surface area contributed by atoms with Crippen LogP contribution in [0.4, 0.5) is 0 Å². The van der Waals surface area contributed by atoms with Gasteiger partial charge < -0.3 is 9.66 Å². The Morgan fingerprint density at radius 2 is 1.33 bits per heavy atom. The molecule has 1 unspecified atom stereocenters. The standard InChI is InChI=1S/C12H26O4S.K/c1-2-3-4-5-6-7-8-9-10-11-12(13)17(14,15)16;/h12-13H,2-11H2,1H3,(H,14,15,16);/q;+1/p-1. The fourth-order valence-corrected chi connectivity index (χ4v) is 2.23. The first kappa shape index (κ1) is 21.8. The Morgan fingerprint density at radius 1 is 0.944 bits per heavy atom. The van der Waals surface area contributed by atoms with Gasteiger partial charge in [0.25, 0.3) is 0 Å². The van der Waals surface area contributed by atoms with Crippen LogP contribution in [0.1, 0.15) is 71.1 Å². The molecule has 0 radical (unpaired) electrons. The zero-order valence-corrected chi connectivity index (χ0v) is 15.7. The Balaban J connectivity index is 0. The van der Waals surface area contributed by atoms with Crippen molar-refractivity contribution in [2.75, 3.05) is 0 Å². The van der Waals surface area contributed by atoms with E-state index in [0.717, 1.165) is 19.3 Å². The first-order chi connectivity index (χ1) is 7.98. The molecule has 18 heavy (non-hydrogen) atoms. The van der Waals surface area contributed by atoms with Crippen LogP contribution in [0.2, 0.25) is 0 Å². The van der Waals surface area contributed by atoms with Gasteiger partial charge in [-0.2, -0.15) is 0 Å². The first-order valence-electron chi connectivity index (χ1n) is 6.61. The van der Waals surface area contributed by atoms with Crippen molar-refractivity contribution in [2.45, 2.75) is 76.6 Å². The third kappa shape index (κ3) is 13.9. The maximum absolute atomic E-state index is 10.4. The van der Waals surface area contributed by atoms with Crippen LogP contribution in [0.15, 0.2) is 0 Å². The minimum atomic E-state index is -4.50. The van der Waals surface area contributed by atoms with Gasteiger partial charge in [0.1, 0.15) is 15.6 Å². The Kier molecular flexibility index (Phi) is 16.3. The van der Waals surface area contributed by atoms with Crippen molar-refractivity contribution in [3.05, 3.63) is 0 Å². The summed E-state index contributed by atoms with van der Waals surface area (Å²) in [5.74, 6) is 0. The Bertz CT molecular complexity index is 267. The summed E-state index contributed by atoms with van der Waals surface area (Å²) in [5, 5.41) is 8.99. The molecule has 0 aliphatic rings. The minimum Gasteiger partial charge on any atom is -0.746 e. The Morgan fingerprint density at radius 3 is 1.72 bits per heavy atom. The van der Waals surface area contributed by atoms with Gasteiger partial charge in [0.15, 0.2) is 0 Å². The third-order valence-corrected chi connectivity index (χ3v) is 3.79. The monoisotopic (exact) mass is 304 g/mol. The number of unbranched alkanes of at least 4 members (excludes halogenated alkanes) is 8. The molecule has 104 valence electrons. The molecule has 0 aromatic heterocycles. The molecule has 0 aliphatic carbocycles. The molecule has 0 saturated carbocycles. The van der Waals surface area contributed by atoms with Gasteiger partial charge in [-0.25, -0.2) is 8.42 Å². The van der Waals surface area contributed by atoms with E-state index in [4.69, 9.17) is 5.11 Å². The average molecular weight is 304 g/mol. The molecule has 0 fully saturated rings. The van der Waals surface area contributed by atoms with E-state index in [1.807, 2.05) is 0 Å². The van der Waals surface area contributed by atoms with Gasteiger partial charge in [-0.1, -0.05) is 58.3 Å². The predicted molar refractivity (Wildman–Crippen MR) is 67.5 cm³/mol. The number of aliphatic hydroxyl groups excluding tert-OH is 1. The van der Waals surface area contributed by atoms with Crippen LogP contribution in [-0.2, 0) is 10.1 Å². The molecule has 0 saturated heterocycles. The van der Waals surface area contributed by atoms with Crippen molar-refractivity contribution >= 4 is 10.1 Å². The molecule has 0 aliphatic heterocycles. The van der Waals surface area contributed by atoms with Crippen molar-refractivity contribution < 1.29 is 69.5 Å². The molecule has 1 atom stereocenters. The van der Waals surface area contributed by atoms with Crippen LogP contribution in [0.3, 0.4) is 0 Å². The second-order valence-corrected chi connectivity index (χ2v) is 6.09. The largest absolute Gasteiger partial charge is 1.00 e. The number of rotatable bonds is 11. The van der Waals surface area contributed by atoms with E-state index in [2.05, 4.69) is 6.92 Å². The zero-order valence-electron chi connectivity index (χ0n) is 11.7. The summed E-state index contributed by atoms with van der Waals surface area (Å²) in [4.78, 5) is 0. The summed E-state index contributed by atoms with van der Waals surface area (Å²) in [6, 6.07) is 0. The van der Waals surface area contributed by atoms with Gasteiger partial charge >= 0.3 is 51.4 Å². The van der Waals surface area contributed by atoms with Crippen molar-refractivity contribution in [2.24, 2.45) is 0 Å². The van der Waals surface area contributed by atoms with Gasteiger partial charge in [-0.3, -0.25) is 0 Å². The molecule has 1 N–H and O–H groups in total. The molecule has 4 nitrogen and oxygen atoms in total. The maximum Gasteiger partial charge on any atom is 1.00 e. The van der Waals surface area contributed by atoms with E-state index >= 15 is 0 Å². The van der Waals surface area contributed by atoms with Crippen LogP contribution in [0.25, 0.3) is 0 Å². The number of hydrogen-bond donors (Lipinski definition) is 1. The minimum absolute atomic E-state index is 0. The molecular weight excluding hydrogens is 279 g/mol. The van der Waals surface area contributed by atoms with Crippen LogP contribution < -0.4 is 51.4 Å². The second-order valence-electron chi connectivity index (χ2n) is 4.56. The van der Waals surface area contributed by atoms with E-state index in [9.17, 15) is 13.0 Å². The average Bonchev–Trinajstić information content (AvgIpc) is 2.25. The number of hydrogen-bond acceptors (Lipinski definition) is 4. The summed E-state index contributed by atoms with van der Waals surface area (Å²) in [6.45, 7) is 2.19. The van der Waals surface area contributed by atoms with Gasteiger partial charge in [-0.05, 0) is 12.8 Å². The Labute approximate surface area is 154 Å². The molecule has 6 heteroatoms. The SMILES string of the molecule is CCCCCCCCCCCC(O)S(=O)(=O)[O-].[K+]. The summed E-state index contributed by atoms with van der Waals surface area (Å²) in [5.41, 5.74) is -1.72. The predicted octanol–water partition coefficient (Wildman–Crippen LogP) is -0.225. The van der Waals surface area contributed by atoms with Crippen molar-refractivity contribution in [3.63, 3.8) is 0 Å². The van der Waals surface area contributed by atoms with Crippen LogP contribution >= 0.6 is 0 Å². The summed E-state index contributed by atoms with van der Waals surface area (Å²) in [6.07, 6.45) is 10.1. The molecule has 0 heterocycles. The summed E-state index contributed by atoms with van der Waals surface area (Å²) < 4.78 is 31.2. The Hall–Kier alpha value is 1.51. The third-order valence-electron chi connectivity index (χ3n) is 2.89. The fourth-order valence-electron chi connectivity index (χ4n) is 1.77. The van der Waals surface area contributed by atoms with E-state index in [-0.39, 0.29) is 57.8 Å². The molecule has 0 bridgehead atoms. The van der Waals surface area contributed by atoms with Gasteiger partial charge in [0.2, 0.25) is 0 Å². The molecule has 0 aromatic carbocycles. The zero-order chi connectivity index (χ0) is 13.1. The van der Waals surface area contributed by atoms with Crippen molar-refractivity contribution in [1.29, 1.82) is 0 Å². The van der Waals surface area contributed by atoms with E-state index in [0.29, 0.717) is 6.42 Å².